The quantitative estimate of drug-likeness (QED) is 0.145. The van der Waals surface area contributed by atoms with Crippen LogP contribution in [-0.2, 0) is 23.6 Å². The minimum Gasteiger partial charge on any atom is -0.492 e. The number of carbonyl (C=O) groups is 2. The van der Waals surface area contributed by atoms with Crippen molar-refractivity contribution in [1.29, 1.82) is 0 Å². The van der Waals surface area contributed by atoms with Crippen LogP contribution < -0.4 is 15.0 Å². The molecule has 0 aromatic heterocycles. The molecule has 1 saturated heterocycles. The van der Waals surface area contributed by atoms with Gasteiger partial charge in [0.1, 0.15) is 12.4 Å². The summed E-state index contributed by atoms with van der Waals surface area (Å²) in [6, 6.07) is 25.0. The third-order valence-corrected chi connectivity index (χ3v) is 10.1. The Kier molecular flexibility index (Phi) is 13.2. The largest absolute Gasteiger partial charge is 0.492 e. The van der Waals surface area contributed by atoms with Gasteiger partial charge >= 0.3 is 18.4 Å². The van der Waals surface area contributed by atoms with E-state index in [1.165, 1.54) is 4.90 Å². The Morgan fingerprint density at radius 1 is 0.804 bits per heavy atom. The molecule has 0 bridgehead atoms. The number of carbonyl (C=O) groups excluding carboxylic acids is 2. The minimum atomic E-state index is -5.11. The van der Waals surface area contributed by atoms with Gasteiger partial charge in [0.15, 0.2) is 0 Å². The summed E-state index contributed by atoms with van der Waals surface area (Å²) in [5.41, 5.74) is -1.97. The second-order valence-electron chi connectivity index (χ2n) is 14.1. The summed E-state index contributed by atoms with van der Waals surface area (Å²) in [5.74, 6) is -0.537. The zero-order valence-electron chi connectivity index (χ0n) is 30.7. The third kappa shape index (κ3) is 11.0. The van der Waals surface area contributed by atoms with Crippen LogP contribution >= 0.6 is 0 Å². The fraction of sp³-hybridized carbons (Fsp3) is 0.381. The molecular weight excluding hydrogens is 738 g/mol. The molecule has 2 aliphatic rings. The van der Waals surface area contributed by atoms with Crippen molar-refractivity contribution in [2.45, 2.75) is 50.6 Å². The highest BCUT2D eigenvalue weighted by Gasteiger charge is 2.39. The Bertz CT molecular complexity index is 1870. The summed E-state index contributed by atoms with van der Waals surface area (Å²) >= 11 is 0. The molecule has 0 radical (unpaired) electrons. The summed E-state index contributed by atoms with van der Waals surface area (Å²) in [6.07, 6.45) is -8.09. The second kappa shape index (κ2) is 18.2. The van der Waals surface area contributed by atoms with Gasteiger partial charge in [-0.3, -0.25) is 14.6 Å². The highest BCUT2D eigenvalue weighted by atomic mass is 19.4. The van der Waals surface area contributed by atoms with E-state index in [1.807, 2.05) is 12.1 Å². The molecule has 3 amide bonds. The van der Waals surface area contributed by atoms with Gasteiger partial charge in [-0.2, -0.15) is 26.3 Å². The molecule has 1 aliphatic heterocycles. The van der Waals surface area contributed by atoms with Gasteiger partial charge in [0.2, 0.25) is 0 Å². The lowest BCUT2D eigenvalue weighted by atomic mass is 9.84. The van der Waals surface area contributed by atoms with Crippen molar-refractivity contribution < 1.29 is 45.4 Å². The van der Waals surface area contributed by atoms with E-state index in [4.69, 9.17) is 9.47 Å². The summed E-state index contributed by atoms with van der Waals surface area (Å²) in [7, 11) is 0. The maximum Gasteiger partial charge on any atom is 0.416 e. The maximum absolute atomic E-state index is 14.2. The molecule has 1 saturated carbocycles. The number of rotatable bonds is 12. The standard InChI is InChI=1S/C42H44F6N4O4/c43-41(44,45)33-24-32(25-34(26-33)42(46,47)48)39(53)51(28-30-9-3-1-4-10-30)36-14-7-11-31(23-36)29-52(40(54)49-35-12-5-2-6-13-35)37-15-8-16-38(27-37)56-22-19-50-17-20-55-21-18-50/h1-6,8-10,12-13,15-16,24-27,31,36H,7,11,14,17-23,28-29H2,(H,49,54). The number of amides is 3. The molecule has 8 nitrogen and oxygen atoms in total. The van der Waals surface area contributed by atoms with Crippen LogP contribution in [0.1, 0.15) is 52.7 Å². The monoisotopic (exact) mass is 782 g/mol. The first-order valence-electron chi connectivity index (χ1n) is 18.6. The van der Waals surface area contributed by atoms with Crippen molar-refractivity contribution in [2.24, 2.45) is 5.92 Å². The lowest BCUT2D eigenvalue weighted by Gasteiger charge is -2.39. The Hall–Kier alpha value is -5.08. The number of ether oxygens (including phenoxy) is 2. The number of halogens is 6. The Morgan fingerprint density at radius 3 is 2.12 bits per heavy atom. The lowest BCUT2D eigenvalue weighted by molar-refractivity contribution is -0.143. The highest BCUT2D eigenvalue weighted by Crippen LogP contribution is 2.38. The van der Waals surface area contributed by atoms with Crippen molar-refractivity contribution in [3.8, 4) is 5.75 Å². The smallest absolute Gasteiger partial charge is 0.416 e. The van der Waals surface area contributed by atoms with Crippen LogP contribution in [0, 0.1) is 5.92 Å². The molecule has 2 fully saturated rings. The SMILES string of the molecule is O=C(Nc1ccccc1)N(CC1CCCC(N(Cc2ccccc2)C(=O)c2cc(C(F)(F)F)cc(C(F)(F)F)c2)C1)c1cccc(OCCN2CCOCC2)c1. The number of hydrogen-bond acceptors (Lipinski definition) is 5. The molecule has 298 valence electrons. The van der Waals surface area contributed by atoms with E-state index < -0.39 is 47.0 Å². The van der Waals surface area contributed by atoms with Crippen molar-refractivity contribution >= 4 is 23.3 Å². The van der Waals surface area contributed by atoms with E-state index in [0.717, 1.165) is 13.1 Å². The van der Waals surface area contributed by atoms with Gasteiger partial charge < -0.3 is 19.7 Å². The van der Waals surface area contributed by atoms with Gasteiger partial charge in [-0.05, 0) is 73.2 Å². The van der Waals surface area contributed by atoms with Crippen molar-refractivity contribution in [3.05, 3.63) is 125 Å². The lowest BCUT2D eigenvalue weighted by Crippen LogP contribution is -2.45. The maximum atomic E-state index is 14.2. The molecule has 1 aliphatic carbocycles. The molecule has 6 rings (SSSR count). The zero-order valence-corrected chi connectivity index (χ0v) is 30.7. The van der Waals surface area contributed by atoms with E-state index in [9.17, 15) is 35.9 Å². The van der Waals surface area contributed by atoms with Crippen LogP contribution in [0.25, 0.3) is 0 Å². The van der Waals surface area contributed by atoms with E-state index >= 15 is 0 Å². The number of nitrogens with one attached hydrogen (secondary N) is 1. The van der Waals surface area contributed by atoms with Crippen molar-refractivity contribution in [1.82, 2.24) is 9.80 Å². The fourth-order valence-corrected chi connectivity index (χ4v) is 7.24. The van der Waals surface area contributed by atoms with Crippen LogP contribution in [0.2, 0.25) is 0 Å². The average Bonchev–Trinajstić information content (AvgIpc) is 3.19. The topological polar surface area (TPSA) is 74.4 Å². The van der Waals surface area contributed by atoms with Gasteiger partial charge in [0, 0.05) is 61.8 Å². The number of alkyl halides is 6. The molecule has 1 N–H and O–H groups in total. The number of benzene rings is 4. The van der Waals surface area contributed by atoms with Crippen LogP contribution in [0.15, 0.2) is 103 Å². The predicted molar refractivity (Wildman–Crippen MR) is 201 cm³/mol. The summed E-state index contributed by atoms with van der Waals surface area (Å²) < 4.78 is 94.5. The highest BCUT2D eigenvalue weighted by molar-refractivity contribution is 6.02. The van der Waals surface area contributed by atoms with Gasteiger partial charge in [-0.25, -0.2) is 4.79 Å². The number of hydrogen-bond donors (Lipinski definition) is 1. The first-order chi connectivity index (χ1) is 26.8. The normalized spacial score (nSPS) is 17.9. The van der Waals surface area contributed by atoms with Crippen LogP contribution in [-0.4, -0.2) is 73.8 Å². The summed E-state index contributed by atoms with van der Waals surface area (Å²) in [6.45, 7) is 4.33. The van der Waals surface area contributed by atoms with Crippen LogP contribution in [0.4, 0.5) is 42.5 Å². The van der Waals surface area contributed by atoms with E-state index in [2.05, 4.69) is 10.2 Å². The predicted octanol–water partition coefficient (Wildman–Crippen LogP) is 9.38. The zero-order chi connectivity index (χ0) is 39.7. The fourth-order valence-electron chi connectivity index (χ4n) is 7.24. The van der Waals surface area contributed by atoms with E-state index in [0.29, 0.717) is 86.9 Å². The van der Waals surface area contributed by atoms with Gasteiger partial charge in [-0.15, -0.1) is 0 Å². The number of anilines is 2. The minimum absolute atomic E-state index is 0.0220. The van der Waals surface area contributed by atoms with E-state index in [-0.39, 0.29) is 25.1 Å². The van der Waals surface area contributed by atoms with Gasteiger partial charge in [-0.1, -0.05) is 61.0 Å². The number of para-hydroxylation sites is 1. The third-order valence-electron chi connectivity index (χ3n) is 10.1. The Balaban J connectivity index is 1.26. The van der Waals surface area contributed by atoms with Crippen LogP contribution in [0.3, 0.4) is 0 Å². The first-order valence-corrected chi connectivity index (χ1v) is 18.6. The molecule has 2 unspecified atom stereocenters. The molecule has 56 heavy (non-hydrogen) atoms. The first kappa shape index (κ1) is 40.6. The number of nitrogens with zero attached hydrogens (tertiary/aromatic N) is 3. The van der Waals surface area contributed by atoms with Gasteiger partial charge in [0.05, 0.1) is 24.3 Å². The Morgan fingerprint density at radius 2 is 1.46 bits per heavy atom. The second-order valence-corrected chi connectivity index (χ2v) is 14.1. The molecule has 2 atom stereocenters. The average molecular weight is 783 g/mol. The molecule has 14 heteroatoms. The Labute approximate surface area is 322 Å². The molecule has 0 spiro atoms. The summed E-state index contributed by atoms with van der Waals surface area (Å²) in [5, 5.41) is 2.96. The number of morpholine rings is 1. The van der Waals surface area contributed by atoms with Crippen molar-refractivity contribution in [2.75, 3.05) is 56.2 Å². The van der Waals surface area contributed by atoms with Crippen molar-refractivity contribution in [3.63, 3.8) is 0 Å². The summed E-state index contributed by atoms with van der Waals surface area (Å²) in [4.78, 5) is 33.4. The number of urea groups is 1. The molecule has 1 heterocycles. The van der Waals surface area contributed by atoms with Crippen LogP contribution in [0.5, 0.6) is 5.75 Å². The molecule has 4 aromatic carbocycles. The molecular formula is C42H44F6N4O4. The van der Waals surface area contributed by atoms with Gasteiger partial charge in [0.25, 0.3) is 5.91 Å². The van der Waals surface area contributed by atoms with E-state index in [1.54, 1.807) is 77.7 Å². The molecule has 4 aromatic rings.